The normalized spacial score (nSPS) is 21.4. The molecule has 2 nitrogen and oxygen atoms in total. The van der Waals surface area contributed by atoms with Crippen molar-refractivity contribution in [2.75, 3.05) is 13.1 Å². The van der Waals surface area contributed by atoms with E-state index in [0.717, 1.165) is 24.3 Å². The zero-order valence-electron chi connectivity index (χ0n) is 11.7. The Kier molecular flexibility index (Phi) is 7.74. The van der Waals surface area contributed by atoms with Crippen LogP contribution in [0.4, 0.5) is 0 Å². The summed E-state index contributed by atoms with van der Waals surface area (Å²) in [6, 6.07) is 0. The van der Waals surface area contributed by atoms with Gasteiger partial charge in [-0.05, 0) is 18.8 Å². The van der Waals surface area contributed by atoms with Crippen LogP contribution in [-0.2, 0) is 0 Å². The second-order valence-electron chi connectivity index (χ2n) is 4.97. The molecule has 17 heavy (non-hydrogen) atoms. The second-order valence-corrected chi connectivity index (χ2v) is 6.26. The summed E-state index contributed by atoms with van der Waals surface area (Å²) in [4.78, 5) is 4.59. The molecule has 0 fully saturated rings. The maximum atomic E-state index is 4.59. The summed E-state index contributed by atoms with van der Waals surface area (Å²) in [5.74, 6) is 0.823. The van der Waals surface area contributed by atoms with Gasteiger partial charge in [0, 0.05) is 11.8 Å². The van der Waals surface area contributed by atoms with Crippen molar-refractivity contribution in [1.29, 1.82) is 0 Å². The molecular weight excluding hydrogens is 228 g/mol. The van der Waals surface area contributed by atoms with Crippen LogP contribution in [0, 0.1) is 5.92 Å². The molecule has 0 amide bonds. The molecule has 0 saturated carbocycles. The van der Waals surface area contributed by atoms with Crippen LogP contribution >= 0.6 is 11.8 Å². The molecule has 100 valence electrons. The van der Waals surface area contributed by atoms with E-state index < -0.39 is 0 Å². The first kappa shape index (κ1) is 14.9. The first-order valence-electron chi connectivity index (χ1n) is 7.25. The number of thioether (sulfide) groups is 1. The molecule has 0 spiro atoms. The Morgan fingerprint density at radius 3 is 2.82 bits per heavy atom. The third kappa shape index (κ3) is 5.80. The Morgan fingerprint density at radius 1 is 1.35 bits per heavy atom. The van der Waals surface area contributed by atoms with E-state index in [1.807, 2.05) is 11.8 Å². The number of unbranched alkanes of at least 4 members (excludes halogenated alkanes) is 1. The average Bonchev–Trinajstić information content (AvgIpc) is 2.78. The van der Waals surface area contributed by atoms with Crippen LogP contribution < -0.4 is 5.32 Å². The van der Waals surface area contributed by atoms with Gasteiger partial charge in [-0.15, -0.1) is 0 Å². The molecule has 3 heteroatoms. The van der Waals surface area contributed by atoms with Crippen LogP contribution in [0.2, 0.25) is 0 Å². The molecule has 2 atom stereocenters. The molecular formula is C14H28N2S. The van der Waals surface area contributed by atoms with Gasteiger partial charge in [0.25, 0.3) is 0 Å². The molecule has 1 rings (SSSR count). The Balaban J connectivity index is 2.17. The van der Waals surface area contributed by atoms with Crippen molar-refractivity contribution in [3.63, 3.8) is 0 Å². The van der Waals surface area contributed by atoms with Gasteiger partial charge < -0.3 is 5.32 Å². The zero-order chi connectivity index (χ0) is 12.5. The van der Waals surface area contributed by atoms with Crippen molar-refractivity contribution in [2.45, 2.75) is 64.5 Å². The van der Waals surface area contributed by atoms with Gasteiger partial charge in [0.1, 0.15) is 0 Å². The molecule has 0 bridgehead atoms. The van der Waals surface area contributed by atoms with Gasteiger partial charge in [0.2, 0.25) is 0 Å². The lowest BCUT2D eigenvalue weighted by molar-refractivity contribution is 0.447. The second kappa shape index (κ2) is 8.84. The number of nitrogens with one attached hydrogen (secondary N) is 1. The van der Waals surface area contributed by atoms with E-state index in [1.54, 1.807) is 0 Å². The van der Waals surface area contributed by atoms with Gasteiger partial charge in [0.05, 0.1) is 6.54 Å². The molecule has 1 aliphatic rings. The maximum Gasteiger partial charge on any atom is 0.156 e. The van der Waals surface area contributed by atoms with Gasteiger partial charge in [-0.1, -0.05) is 58.2 Å². The highest BCUT2D eigenvalue weighted by atomic mass is 32.2. The van der Waals surface area contributed by atoms with E-state index in [1.165, 1.54) is 43.7 Å². The van der Waals surface area contributed by atoms with E-state index in [4.69, 9.17) is 0 Å². The third-order valence-electron chi connectivity index (χ3n) is 3.41. The van der Waals surface area contributed by atoms with Crippen molar-refractivity contribution in [1.82, 2.24) is 5.32 Å². The van der Waals surface area contributed by atoms with Crippen LogP contribution in [0.25, 0.3) is 0 Å². The minimum Gasteiger partial charge on any atom is -0.365 e. The minimum atomic E-state index is 0.734. The monoisotopic (exact) mass is 256 g/mol. The minimum absolute atomic E-state index is 0.734. The first-order chi connectivity index (χ1) is 8.30. The third-order valence-corrected chi connectivity index (χ3v) is 4.63. The van der Waals surface area contributed by atoms with Crippen LogP contribution in [0.5, 0.6) is 0 Å². The van der Waals surface area contributed by atoms with Crippen molar-refractivity contribution in [2.24, 2.45) is 10.9 Å². The van der Waals surface area contributed by atoms with Gasteiger partial charge in [-0.3, -0.25) is 4.99 Å². The summed E-state index contributed by atoms with van der Waals surface area (Å²) in [6.07, 6.45) is 7.88. The summed E-state index contributed by atoms with van der Waals surface area (Å²) >= 11 is 1.95. The van der Waals surface area contributed by atoms with Gasteiger partial charge in [-0.2, -0.15) is 0 Å². The Bertz CT molecular complexity index is 228. The van der Waals surface area contributed by atoms with E-state index in [0.29, 0.717) is 0 Å². The Hall–Kier alpha value is -0.180. The number of amidine groups is 1. The predicted molar refractivity (Wildman–Crippen MR) is 79.9 cm³/mol. The van der Waals surface area contributed by atoms with Crippen molar-refractivity contribution >= 4 is 16.9 Å². The van der Waals surface area contributed by atoms with Crippen LogP contribution in [-0.4, -0.2) is 23.5 Å². The van der Waals surface area contributed by atoms with E-state index in [-0.39, 0.29) is 0 Å². The zero-order valence-corrected chi connectivity index (χ0v) is 12.5. The summed E-state index contributed by atoms with van der Waals surface area (Å²) in [7, 11) is 0. The standard InChI is InChI=1S/C14H28N2S/c1-4-7-9-12(6-3)10-15-14-16-11-13(17-14)8-5-2/h12-13H,4-11H2,1-3H3,(H,15,16). The predicted octanol–water partition coefficient (Wildman–Crippen LogP) is 4.06. The fourth-order valence-electron chi connectivity index (χ4n) is 2.16. The number of hydrogen-bond acceptors (Lipinski definition) is 3. The molecule has 0 aliphatic carbocycles. The van der Waals surface area contributed by atoms with Crippen molar-refractivity contribution in [3.05, 3.63) is 0 Å². The average molecular weight is 256 g/mol. The fraction of sp³-hybridized carbons (Fsp3) is 0.929. The SMILES string of the molecule is CCCCC(CC)CNC1=NCC(CCC)S1. The Morgan fingerprint density at radius 2 is 2.18 bits per heavy atom. The molecule has 1 N–H and O–H groups in total. The first-order valence-corrected chi connectivity index (χ1v) is 8.13. The van der Waals surface area contributed by atoms with Gasteiger partial charge in [0.15, 0.2) is 5.17 Å². The molecule has 0 radical (unpaired) electrons. The van der Waals surface area contributed by atoms with Crippen molar-refractivity contribution < 1.29 is 0 Å². The largest absolute Gasteiger partial charge is 0.365 e. The lowest BCUT2D eigenvalue weighted by atomic mass is 10.00. The molecule has 0 aromatic heterocycles. The van der Waals surface area contributed by atoms with Gasteiger partial charge >= 0.3 is 0 Å². The van der Waals surface area contributed by atoms with Crippen LogP contribution in [0.3, 0.4) is 0 Å². The number of aliphatic imine (C=N–C) groups is 1. The summed E-state index contributed by atoms with van der Waals surface area (Å²) < 4.78 is 0. The number of nitrogens with zero attached hydrogens (tertiary/aromatic N) is 1. The molecule has 1 aliphatic heterocycles. The fourth-order valence-corrected chi connectivity index (χ4v) is 3.30. The lowest BCUT2D eigenvalue weighted by Crippen LogP contribution is -2.26. The highest BCUT2D eigenvalue weighted by molar-refractivity contribution is 8.14. The number of rotatable bonds is 8. The van der Waals surface area contributed by atoms with Gasteiger partial charge in [-0.25, -0.2) is 0 Å². The topological polar surface area (TPSA) is 24.4 Å². The molecule has 1 heterocycles. The molecule has 0 aromatic carbocycles. The van der Waals surface area contributed by atoms with Crippen LogP contribution in [0.15, 0.2) is 4.99 Å². The lowest BCUT2D eigenvalue weighted by Gasteiger charge is -2.16. The van der Waals surface area contributed by atoms with E-state index in [2.05, 4.69) is 31.1 Å². The molecule has 2 unspecified atom stereocenters. The molecule has 0 saturated heterocycles. The van der Waals surface area contributed by atoms with Crippen LogP contribution in [0.1, 0.15) is 59.3 Å². The molecule has 0 aromatic rings. The highest BCUT2D eigenvalue weighted by Gasteiger charge is 2.18. The Labute approximate surface area is 111 Å². The quantitative estimate of drug-likeness (QED) is 0.708. The summed E-state index contributed by atoms with van der Waals surface area (Å²) in [5.41, 5.74) is 0. The van der Waals surface area contributed by atoms with E-state index >= 15 is 0 Å². The summed E-state index contributed by atoms with van der Waals surface area (Å²) in [6.45, 7) is 8.95. The summed E-state index contributed by atoms with van der Waals surface area (Å²) in [5, 5.41) is 5.47. The smallest absolute Gasteiger partial charge is 0.156 e. The van der Waals surface area contributed by atoms with Crippen molar-refractivity contribution in [3.8, 4) is 0 Å². The maximum absolute atomic E-state index is 4.59. The highest BCUT2D eigenvalue weighted by Crippen LogP contribution is 2.23. The van der Waals surface area contributed by atoms with E-state index in [9.17, 15) is 0 Å². The number of hydrogen-bond donors (Lipinski definition) is 1.